The molecule has 2 bridgehead atoms. The number of piperidine rings is 3. The molecule has 3 aliphatic rings. The van der Waals surface area contributed by atoms with E-state index in [4.69, 9.17) is 20.2 Å². The molecule has 4 rings (SSSR count). The molecule has 1 N–H and O–H groups in total. The van der Waals surface area contributed by atoms with Crippen LogP contribution in [0.25, 0.3) is 0 Å². The van der Waals surface area contributed by atoms with E-state index < -0.39 is 5.60 Å². The SMILES string of the molecule is C.[B][N+]12CCC(CC1)C(O)(CCC(=S)Cc1nccs1)C2. The molecule has 4 heterocycles. The lowest BCUT2D eigenvalue weighted by molar-refractivity contribution is -0.846. The van der Waals surface area contributed by atoms with Crippen molar-refractivity contribution in [3.8, 4) is 0 Å². The Morgan fingerprint density at radius 3 is 2.81 bits per heavy atom. The Bertz CT molecular complexity index is 486. The van der Waals surface area contributed by atoms with Gasteiger partial charge in [0.1, 0.15) is 5.60 Å². The second-order valence-corrected chi connectivity index (χ2v) is 7.90. The number of aromatic nitrogens is 1. The Morgan fingerprint density at radius 2 is 2.24 bits per heavy atom. The molecule has 1 atom stereocenters. The lowest BCUT2D eigenvalue weighted by atomic mass is 9.69. The number of nitrogens with zero attached hydrogens (tertiary/aromatic N) is 2. The quantitative estimate of drug-likeness (QED) is 0.668. The first kappa shape index (κ1) is 17.1. The van der Waals surface area contributed by atoms with Gasteiger partial charge in [-0.15, -0.1) is 11.3 Å². The summed E-state index contributed by atoms with van der Waals surface area (Å²) in [6.07, 6.45) is 6.21. The Kier molecular flexibility index (Phi) is 5.24. The van der Waals surface area contributed by atoms with E-state index in [2.05, 4.69) is 4.98 Å². The molecular weight excluding hydrogens is 299 g/mol. The Morgan fingerprint density at radius 1 is 1.52 bits per heavy atom. The zero-order chi connectivity index (χ0) is 14.2. The minimum atomic E-state index is -0.613. The predicted octanol–water partition coefficient (Wildman–Crippen LogP) is 2.53. The molecule has 21 heavy (non-hydrogen) atoms. The van der Waals surface area contributed by atoms with E-state index in [9.17, 15) is 5.11 Å². The number of quaternary nitrogens is 1. The van der Waals surface area contributed by atoms with Gasteiger partial charge in [-0.25, -0.2) is 4.98 Å². The number of aliphatic hydroxyl groups is 1. The smallest absolute Gasteiger partial charge is 0.394 e. The van der Waals surface area contributed by atoms with Crippen molar-refractivity contribution in [3.63, 3.8) is 0 Å². The summed E-state index contributed by atoms with van der Waals surface area (Å²) in [6, 6.07) is 0. The van der Waals surface area contributed by atoms with E-state index in [0.29, 0.717) is 16.9 Å². The van der Waals surface area contributed by atoms with Crippen LogP contribution >= 0.6 is 23.6 Å². The van der Waals surface area contributed by atoms with Crippen LogP contribution in [0.3, 0.4) is 0 Å². The second-order valence-electron chi connectivity index (χ2n) is 6.34. The average Bonchev–Trinajstić information content (AvgIpc) is 2.89. The summed E-state index contributed by atoms with van der Waals surface area (Å²) >= 11 is 7.09. The molecule has 0 saturated carbocycles. The highest BCUT2D eigenvalue weighted by molar-refractivity contribution is 7.80. The lowest BCUT2D eigenvalue weighted by Crippen LogP contribution is -2.68. The van der Waals surface area contributed by atoms with Gasteiger partial charge in [0.05, 0.1) is 24.6 Å². The summed E-state index contributed by atoms with van der Waals surface area (Å²) in [4.78, 5) is 5.26. The Balaban J connectivity index is 0.00000161. The molecule has 3 aliphatic heterocycles. The van der Waals surface area contributed by atoms with Crippen molar-refractivity contribution in [1.82, 2.24) is 4.98 Å². The zero-order valence-corrected chi connectivity index (χ0v) is 13.3. The third-order valence-electron chi connectivity index (χ3n) is 4.86. The maximum atomic E-state index is 10.9. The molecule has 114 valence electrons. The molecule has 1 aromatic heterocycles. The van der Waals surface area contributed by atoms with Gasteiger partial charge >= 0.3 is 7.98 Å². The van der Waals surface area contributed by atoms with Gasteiger partial charge in [0.25, 0.3) is 0 Å². The van der Waals surface area contributed by atoms with Crippen molar-refractivity contribution >= 4 is 36.4 Å². The summed E-state index contributed by atoms with van der Waals surface area (Å²) in [6.45, 7) is 2.71. The van der Waals surface area contributed by atoms with E-state index in [1.807, 2.05) is 11.6 Å². The average molecular weight is 323 g/mol. The van der Waals surface area contributed by atoms with E-state index >= 15 is 0 Å². The standard InChI is InChI=1S/C14H20BN2OS2.CH4/c15-17-6-2-11(3-7-17)14(18,10-17)4-1-12(19)9-13-16-5-8-20-13;/h5,8,11,18H,1-4,6-7,9-10H2;1H4/q+1;. The molecule has 0 spiro atoms. The van der Waals surface area contributed by atoms with Crippen molar-refractivity contribution in [2.45, 2.75) is 45.1 Å². The first-order valence-electron chi connectivity index (χ1n) is 7.26. The Labute approximate surface area is 138 Å². The number of hydrogen-bond donors (Lipinski definition) is 1. The summed E-state index contributed by atoms with van der Waals surface area (Å²) in [5.41, 5.74) is -0.613. The van der Waals surface area contributed by atoms with Crippen LogP contribution in [-0.4, -0.2) is 52.6 Å². The van der Waals surface area contributed by atoms with E-state index in [1.54, 1.807) is 11.3 Å². The molecule has 3 fully saturated rings. The molecule has 0 amide bonds. The van der Waals surface area contributed by atoms with Gasteiger partial charge in [-0.05, 0) is 17.7 Å². The summed E-state index contributed by atoms with van der Waals surface area (Å²) in [5, 5.41) is 14.0. The molecule has 3 saturated heterocycles. The molecule has 6 heteroatoms. The van der Waals surface area contributed by atoms with Crippen molar-refractivity contribution in [2.75, 3.05) is 19.6 Å². The Hall–Kier alpha value is -0.295. The minimum Gasteiger partial charge on any atom is -0.394 e. The third-order valence-corrected chi connectivity index (χ3v) is 5.99. The van der Waals surface area contributed by atoms with E-state index in [1.165, 1.54) is 0 Å². The first-order valence-corrected chi connectivity index (χ1v) is 8.55. The zero-order valence-electron chi connectivity index (χ0n) is 11.6. The minimum absolute atomic E-state index is 0. The fourth-order valence-electron chi connectivity index (χ4n) is 3.69. The number of hydrogen-bond acceptors (Lipinski definition) is 4. The van der Waals surface area contributed by atoms with Gasteiger partial charge in [-0.3, -0.25) is 0 Å². The number of fused-ring (bicyclic) bond motifs is 3. The molecule has 2 radical (unpaired) electrons. The number of thiazole rings is 1. The fraction of sp³-hybridized carbons (Fsp3) is 0.733. The van der Waals surface area contributed by atoms with Gasteiger partial charge in [0.2, 0.25) is 0 Å². The van der Waals surface area contributed by atoms with Crippen molar-refractivity contribution in [1.29, 1.82) is 0 Å². The van der Waals surface area contributed by atoms with Crippen LogP contribution in [0.2, 0.25) is 0 Å². The summed E-state index contributed by atoms with van der Waals surface area (Å²) < 4.78 is 0.548. The van der Waals surface area contributed by atoms with Crippen molar-refractivity contribution < 1.29 is 9.50 Å². The van der Waals surface area contributed by atoms with Crippen LogP contribution in [0.15, 0.2) is 11.6 Å². The van der Waals surface area contributed by atoms with E-state index in [0.717, 1.165) is 55.1 Å². The first-order chi connectivity index (χ1) is 9.49. The molecule has 0 aliphatic carbocycles. The predicted molar refractivity (Wildman–Crippen MR) is 92.7 cm³/mol. The molecule has 1 aromatic rings. The van der Waals surface area contributed by atoms with Crippen LogP contribution in [0.4, 0.5) is 0 Å². The highest BCUT2D eigenvalue weighted by Gasteiger charge is 2.51. The molecule has 1 unspecified atom stereocenters. The monoisotopic (exact) mass is 323 g/mol. The van der Waals surface area contributed by atoms with Crippen LogP contribution in [-0.2, 0) is 6.42 Å². The maximum absolute atomic E-state index is 10.9. The number of rotatable bonds is 5. The van der Waals surface area contributed by atoms with Crippen LogP contribution < -0.4 is 0 Å². The molecule has 0 aromatic carbocycles. The largest absolute Gasteiger partial charge is 0.481 e. The van der Waals surface area contributed by atoms with Gasteiger partial charge in [-0.1, -0.05) is 19.6 Å². The van der Waals surface area contributed by atoms with Crippen molar-refractivity contribution in [3.05, 3.63) is 16.6 Å². The normalized spacial score (nSPS) is 34.4. The number of thiocarbonyl (C=S) groups is 1. The van der Waals surface area contributed by atoms with Gasteiger partial charge < -0.3 is 9.50 Å². The topological polar surface area (TPSA) is 33.1 Å². The van der Waals surface area contributed by atoms with Gasteiger partial charge in [-0.2, -0.15) is 0 Å². The highest BCUT2D eigenvalue weighted by Crippen LogP contribution is 2.41. The van der Waals surface area contributed by atoms with Crippen LogP contribution in [0.5, 0.6) is 0 Å². The van der Waals surface area contributed by atoms with Crippen LogP contribution in [0.1, 0.15) is 38.1 Å². The summed E-state index contributed by atoms with van der Waals surface area (Å²) in [7, 11) is 6.32. The van der Waals surface area contributed by atoms with Crippen molar-refractivity contribution in [2.24, 2.45) is 5.92 Å². The fourth-order valence-corrected chi connectivity index (χ4v) is 4.68. The molecular formula is C15H24BN2OS2+. The maximum Gasteiger partial charge on any atom is 0.481 e. The summed E-state index contributed by atoms with van der Waals surface area (Å²) in [5.74, 6) is 0.411. The third kappa shape index (κ3) is 3.73. The lowest BCUT2D eigenvalue weighted by Gasteiger charge is -2.55. The van der Waals surface area contributed by atoms with Gasteiger partial charge in [0, 0.05) is 36.8 Å². The second kappa shape index (κ2) is 6.45. The van der Waals surface area contributed by atoms with Crippen LogP contribution in [0, 0.1) is 5.92 Å². The highest BCUT2D eigenvalue weighted by atomic mass is 32.1. The van der Waals surface area contributed by atoms with Gasteiger partial charge in [0.15, 0.2) is 0 Å². The van der Waals surface area contributed by atoms with E-state index in [-0.39, 0.29) is 7.43 Å². The molecule has 3 nitrogen and oxygen atoms in total.